The van der Waals surface area contributed by atoms with Crippen LogP contribution in [0.3, 0.4) is 0 Å². The van der Waals surface area contributed by atoms with Gasteiger partial charge in [0.25, 0.3) is 0 Å². The number of fused-ring (bicyclic) bond motifs is 2. The molecule has 8 unspecified atom stereocenters. The fourth-order valence-corrected chi connectivity index (χ4v) is 4.62. The standard InChI is InChI=1S/C16H28O7/c1-15(2)8-3-4-16(21,10(15)5-8)7-22-14-13(20)12(19)11(18)9(6-17)23-14/h8-14,17-21H,3-7H2,1-2H3. The Hall–Kier alpha value is -0.280. The fourth-order valence-electron chi connectivity index (χ4n) is 4.62. The molecule has 0 aromatic carbocycles. The number of hydrogen-bond donors (Lipinski definition) is 5. The van der Waals surface area contributed by atoms with Crippen molar-refractivity contribution < 1.29 is 35.0 Å². The van der Waals surface area contributed by atoms with Crippen molar-refractivity contribution in [2.45, 2.75) is 69.4 Å². The van der Waals surface area contributed by atoms with Gasteiger partial charge in [0.05, 0.1) is 18.8 Å². The Labute approximate surface area is 135 Å². The highest BCUT2D eigenvalue weighted by Crippen LogP contribution is 2.62. The molecule has 0 aromatic rings. The van der Waals surface area contributed by atoms with Crippen molar-refractivity contribution >= 4 is 0 Å². The van der Waals surface area contributed by atoms with Gasteiger partial charge >= 0.3 is 0 Å². The van der Waals surface area contributed by atoms with E-state index < -0.39 is 42.9 Å². The van der Waals surface area contributed by atoms with Crippen molar-refractivity contribution in [3.63, 3.8) is 0 Å². The molecule has 0 spiro atoms. The van der Waals surface area contributed by atoms with Gasteiger partial charge in [0.1, 0.15) is 24.4 Å². The third-order valence-corrected chi connectivity index (χ3v) is 6.39. The zero-order valence-corrected chi connectivity index (χ0v) is 13.6. The predicted octanol–water partition coefficient (Wildman–Crippen LogP) is -1.01. The summed E-state index contributed by atoms with van der Waals surface area (Å²) >= 11 is 0. The van der Waals surface area contributed by atoms with Crippen molar-refractivity contribution in [3.05, 3.63) is 0 Å². The largest absolute Gasteiger partial charge is 0.394 e. The Morgan fingerprint density at radius 2 is 1.83 bits per heavy atom. The average Bonchev–Trinajstić information content (AvgIpc) is 2.51. The van der Waals surface area contributed by atoms with Gasteiger partial charge in [-0.1, -0.05) is 13.8 Å². The predicted molar refractivity (Wildman–Crippen MR) is 79.3 cm³/mol. The molecule has 0 amide bonds. The minimum Gasteiger partial charge on any atom is -0.394 e. The quantitative estimate of drug-likeness (QED) is 0.447. The molecule has 3 aliphatic carbocycles. The molecule has 1 saturated heterocycles. The lowest BCUT2D eigenvalue weighted by Gasteiger charge is -2.63. The van der Waals surface area contributed by atoms with Crippen LogP contribution in [-0.2, 0) is 9.47 Å². The van der Waals surface area contributed by atoms with E-state index in [1.54, 1.807) is 0 Å². The molecule has 5 N–H and O–H groups in total. The van der Waals surface area contributed by atoms with Gasteiger partial charge in [-0.25, -0.2) is 0 Å². The molecular formula is C16H28O7. The Morgan fingerprint density at radius 3 is 2.39 bits per heavy atom. The third-order valence-electron chi connectivity index (χ3n) is 6.39. The van der Waals surface area contributed by atoms with Crippen molar-refractivity contribution in [1.29, 1.82) is 0 Å². The molecule has 4 rings (SSSR count). The van der Waals surface area contributed by atoms with Crippen LogP contribution in [0.25, 0.3) is 0 Å². The summed E-state index contributed by atoms with van der Waals surface area (Å²) in [5.41, 5.74) is -0.900. The normalized spacial score (nSPS) is 52.0. The van der Waals surface area contributed by atoms with Crippen LogP contribution in [0.15, 0.2) is 0 Å². The van der Waals surface area contributed by atoms with Gasteiger partial charge in [-0.05, 0) is 36.5 Å². The molecule has 7 nitrogen and oxygen atoms in total. The first kappa shape index (κ1) is 17.5. The summed E-state index contributed by atoms with van der Waals surface area (Å²) in [5.74, 6) is 0.777. The molecule has 4 fully saturated rings. The van der Waals surface area contributed by atoms with Crippen molar-refractivity contribution in [2.75, 3.05) is 13.2 Å². The van der Waals surface area contributed by atoms with Gasteiger partial charge in [0.15, 0.2) is 6.29 Å². The highest BCUT2D eigenvalue weighted by molar-refractivity contribution is 5.10. The molecule has 23 heavy (non-hydrogen) atoms. The van der Waals surface area contributed by atoms with Crippen LogP contribution in [0, 0.1) is 17.3 Å². The Kier molecular flexibility index (Phi) is 4.51. The Morgan fingerprint density at radius 1 is 1.13 bits per heavy atom. The lowest BCUT2D eigenvalue weighted by atomic mass is 9.44. The van der Waals surface area contributed by atoms with Crippen molar-refractivity contribution in [3.8, 4) is 0 Å². The molecule has 1 heterocycles. The lowest BCUT2D eigenvalue weighted by Crippen LogP contribution is -2.64. The first-order valence-corrected chi connectivity index (χ1v) is 8.35. The van der Waals surface area contributed by atoms with E-state index in [9.17, 15) is 25.5 Å². The maximum Gasteiger partial charge on any atom is 0.186 e. The second-order valence-electron chi connectivity index (χ2n) is 7.96. The Bertz CT molecular complexity index is 438. The average molecular weight is 332 g/mol. The minimum atomic E-state index is -1.46. The van der Waals surface area contributed by atoms with Crippen LogP contribution in [0.4, 0.5) is 0 Å². The van der Waals surface area contributed by atoms with Crippen molar-refractivity contribution in [1.82, 2.24) is 0 Å². The van der Waals surface area contributed by atoms with Gasteiger partial charge in [0, 0.05) is 0 Å². The molecule has 3 saturated carbocycles. The number of hydrogen-bond acceptors (Lipinski definition) is 7. The van der Waals surface area contributed by atoms with E-state index in [1.165, 1.54) is 0 Å². The summed E-state index contributed by atoms with van der Waals surface area (Å²) in [7, 11) is 0. The summed E-state index contributed by atoms with van der Waals surface area (Å²) in [6.45, 7) is 3.82. The van der Waals surface area contributed by atoms with Crippen LogP contribution >= 0.6 is 0 Å². The molecule has 8 atom stereocenters. The maximum atomic E-state index is 10.9. The van der Waals surface area contributed by atoms with E-state index in [4.69, 9.17) is 9.47 Å². The second-order valence-corrected chi connectivity index (χ2v) is 7.96. The van der Waals surface area contributed by atoms with Crippen LogP contribution in [0.1, 0.15) is 33.1 Å². The SMILES string of the molecule is CC1(C)C2CCC(O)(COC3OC(CO)C(O)C(O)C3O)C1C2. The zero-order valence-electron chi connectivity index (χ0n) is 13.6. The molecule has 1 aliphatic heterocycles. The molecular weight excluding hydrogens is 304 g/mol. The van der Waals surface area contributed by atoms with Crippen LogP contribution in [-0.4, -0.2) is 75.1 Å². The van der Waals surface area contributed by atoms with Crippen LogP contribution in [0.2, 0.25) is 0 Å². The number of ether oxygens (including phenoxy) is 2. The first-order valence-electron chi connectivity index (χ1n) is 8.35. The van der Waals surface area contributed by atoms with E-state index in [2.05, 4.69) is 13.8 Å². The van der Waals surface area contributed by atoms with E-state index in [-0.39, 0.29) is 17.9 Å². The van der Waals surface area contributed by atoms with Crippen LogP contribution in [0.5, 0.6) is 0 Å². The monoisotopic (exact) mass is 332 g/mol. The highest BCUT2D eigenvalue weighted by atomic mass is 16.7. The second kappa shape index (κ2) is 5.91. The van der Waals surface area contributed by atoms with E-state index >= 15 is 0 Å². The summed E-state index contributed by atoms with van der Waals surface area (Å²) in [4.78, 5) is 0. The topological polar surface area (TPSA) is 120 Å². The fraction of sp³-hybridized carbons (Fsp3) is 1.00. The van der Waals surface area contributed by atoms with Gasteiger partial charge in [-0.2, -0.15) is 0 Å². The first-order chi connectivity index (χ1) is 10.7. The summed E-state index contributed by atoms with van der Waals surface area (Å²) in [6.07, 6.45) is -3.92. The summed E-state index contributed by atoms with van der Waals surface area (Å²) < 4.78 is 10.9. The Balaban J connectivity index is 1.63. The van der Waals surface area contributed by atoms with Crippen LogP contribution < -0.4 is 0 Å². The molecule has 134 valence electrons. The van der Waals surface area contributed by atoms with Gasteiger partial charge < -0.3 is 35.0 Å². The molecule has 0 radical (unpaired) electrons. The number of aliphatic hydroxyl groups excluding tert-OH is 4. The third kappa shape index (κ3) is 2.72. The molecule has 4 aliphatic rings. The summed E-state index contributed by atoms with van der Waals surface area (Å²) in [5, 5.41) is 49.7. The number of aliphatic hydroxyl groups is 5. The van der Waals surface area contributed by atoms with Gasteiger partial charge in [-0.3, -0.25) is 0 Å². The zero-order chi connectivity index (χ0) is 17.0. The molecule has 2 bridgehead atoms. The minimum absolute atomic E-state index is 0.00347. The maximum absolute atomic E-state index is 10.9. The van der Waals surface area contributed by atoms with Crippen molar-refractivity contribution in [2.24, 2.45) is 17.3 Å². The van der Waals surface area contributed by atoms with Gasteiger partial charge in [-0.15, -0.1) is 0 Å². The van der Waals surface area contributed by atoms with E-state index in [0.29, 0.717) is 12.3 Å². The molecule has 7 heteroatoms. The van der Waals surface area contributed by atoms with E-state index in [1.807, 2.05) is 0 Å². The molecule has 0 aromatic heterocycles. The van der Waals surface area contributed by atoms with E-state index in [0.717, 1.165) is 12.8 Å². The highest BCUT2D eigenvalue weighted by Gasteiger charge is 2.61. The number of rotatable bonds is 4. The lowest BCUT2D eigenvalue weighted by molar-refractivity contribution is -0.319. The summed E-state index contributed by atoms with van der Waals surface area (Å²) in [6, 6.07) is 0. The van der Waals surface area contributed by atoms with Gasteiger partial charge in [0.2, 0.25) is 0 Å². The smallest absolute Gasteiger partial charge is 0.186 e.